The van der Waals surface area contributed by atoms with Crippen molar-refractivity contribution in [2.45, 2.75) is 90.2 Å². The first-order valence-corrected chi connectivity index (χ1v) is 25.1. The number of nitrogens with two attached hydrogens (primary N) is 1. The number of carbonyl (C=O) groups is 10. The third kappa shape index (κ3) is 16.0. The second-order valence-corrected chi connectivity index (χ2v) is 18.8. The molecule has 1 aliphatic rings. The summed E-state index contributed by atoms with van der Waals surface area (Å²) < 4.78 is 5.77. The zero-order valence-corrected chi connectivity index (χ0v) is 43.1. The van der Waals surface area contributed by atoms with E-state index in [0.717, 1.165) is 54.6 Å². The van der Waals surface area contributed by atoms with Crippen LogP contribution < -0.4 is 37.6 Å². The highest BCUT2D eigenvalue weighted by Crippen LogP contribution is 2.36. The van der Waals surface area contributed by atoms with Gasteiger partial charge in [0.25, 0.3) is 23.6 Å². The van der Waals surface area contributed by atoms with Crippen molar-refractivity contribution in [1.29, 1.82) is 0 Å². The number of nitrogens with zero attached hydrogens (tertiary/aromatic N) is 4. The molecule has 0 aromatic heterocycles. The molecule has 0 radical (unpaired) electrons. The Morgan fingerprint density at radius 3 is 2.03 bits per heavy atom. The van der Waals surface area contributed by atoms with E-state index < -0.39 is 90.9 Å². The van der Waals surface area contributed by atoms with Crippen molar-refractivity contribution in [1.82, 2.24) is 36.4 Å². The van der Waals surface area contributed by atoms with Gasteiger partial charge in [-0.2, -0.15) is 10.2 Å². The van der Waals surface area contributed by atoms with E-state index in [2.05, 4.69) is 66.4 Å². The summed E-state index contributed by atoms with van der Waals surface area (Å²) in [6.45, 7) is 4.73. The van der Waals surface area contributed by atoms with Gasteiger partial charge in [-0.15, -0.1) is 0 Å². The molecule has 5 aromatic carbocycles. The average Bonchev–Trinajstić information content (AvgIpc) is 3.71. The maximum absolute atomic E-state index is 13.8. The Morgan fingerprint density at radius 1 is 0.727 bits per heavy atom. The summed E-state index contributed by atoms with van der Waals surface area (Å²) in [7, 11) is 1.36. The van der Waals surface area contributed by atoms with Gasteiger partial charge in [0.15, 0.2) is 0 Å². The molecule has 9 N–H and O–H groups in total. The second kappa shape index (κ2) is 27.0. The average molecular weight is 1060 g/mol. The quantitative estimate of drug-likeness (QED) is 0.0156. The fourth-order valence-corrected chi connectivity index (χ4v) is 8.54. The molecule has 0 bridgehead atoms. The number of likely N-dealkylation sites (N-methyl/N-ethyl adjacent to an activating group) is 1. The third-order valence-electron chi connectivity index (χ3n) is 12.6. The Kier molecular flexibility index (Phi) is 20.1. The number of urea groups is 1. The molecule has 10 amide bonds. The van der Waals surface area contributed by atoms with Gasteiger partial charge in [-0.25, -0.2) is 9.59 Å². The number of imide groups is 1. The Bertz CT molecular complexity index is 3020. The van der Waals surface area contributed by atoms with Crippen LogP contribution in [0.5, 0.6) is 0 Å². The first-order valence-electron chi connectivity index (χ1n) is 25.1. The maximum Gasteiger partial charge on any atom is 0.411 e. The lowest BCUT2D eigenvalue weighted by Crippen LogP contribution is -2.50. The van der Waals surface area contributed by atoms with E-state index in [4.69, 9.17) is 10.5 Å². The van der Waals surface area contributed by atoms with Crippen LogP contribution in [0.25, 0.3) is 32.3 Å². The van der Waals surface area contributed by atoms with Gasteiger partial charge in [-0.3, -0.25) is 43.3 Å². The number of hydrogen-bond donors (Lipinski definition) is 8. The molecule has 0 aliphatic carbocycles. The summed E-state index contributed by atoms with van der Waals surface area (Å²) in [5.41, 5.74) is 6.52. The minimum Gasteiger partial charge on any atom is -0.481 e. The largest absolute Gasteiger partial charge is 0.481 e. The summed E-state index contributed by atoms with van der Waals surface area (Å²) in [4.78, 5) is 128. The van der Waals surface area contributed by atoms with E-state index in [-0.39, 0.29) is 62.1 Å². The summed E-state index contributed by atoms with van der Waals surface area (Å²) in [5, 5.41) is 39.9. The number of aliphatic carboxylic acids is 1. The SMILES string of the molecule is CC(=O)N[C@@H](CC(=O)O)C(=O)N[C@H](/N=N/[C@@H](CCCNC(N)=O)C(=O)Nc1ccc([C@@H](OC(=O)N(C)CC(=O)NCc2ccc3ccc4cccc5ccc2c3c45)C(=O)NCCCCCN2C(=O)C=CC2=O)cc1)C(C)C. The van der Waals surface area contributed by atoms with Crippen molar-refractivity contribution >= 4 is 97.4 Å². The van der Waals surface area contributed by atoms with Gasteiger partial charge in [0.1, 0.15) is 24.8 Å². The van der Waals surface area contributed by atoms with Gasteiger partial charge in [0.2, 0.25) is 23.8 Å². The van der Waals surface area contributed by atoms with Crippen LogP contribution in [-0.4, -0.2) is 126 Å². The van der Waals surface area contributed by atoms with Crippen molar-refractivity contribution in [3.05, 3.63) is 102 Å². The number of hydrogen-bond acceptors (Lipinski definition) is 13. The minimum atomic E-state index is -1.54. The van der Waals surface area contributed by atoms with E-state index in [0.29, 0.717) is 19.3 Å². The number of carbonyl (C=O) groups excluding carboxylic acids is 9. The van der Waals surface area contributed by atoms with Crippen molar-refractivity contribution in [2.75, 3.05) is 38.5 Å². The molecule has 6 rings (SSSR count). The van der Waals surface area contributed by atoms with Gasteiger partial charge in [-0.05, 0) is 88.0 Å². The smallest absolute Gasteiger partial charge is 0.411 e. The number of azo groups is 1. The highest BCUT2D eigenvalue weighted by molar-refractivity contribution is 6.23. The van der Waals surface area contributed by atoms with Gasteiger partial charge in [0.05, 0.1) is 6.42 Å². The van der Waals surface area contributed by atoms with Gasteiger partial charge < -0.3 is 52.4 Å². The van der Waals surface area contributed by atoms with Gasteiger partial charge >= 0.3 is 18.1 Å². The molecule has 5 aromatic rings. The molecule has 0 unspecified atom stereocenters. The molecular weight excluding hydrogens is 995 g/mol. The van der Waals surface area contributed by atoms with Crippen LogP contribution in [0.2, 0.25) is 0 Å². The van der Waals surface area contributed by atoms with Crippen molar-refractivity contribution in [2.24, 2.45) is 21.9 Å². The third-order valence-corrected chi connectivity index (χ3v) is 12.6. The number of unbranched alkanes of at least 4 members (excludes halogenated alkanes) is 2. The van der Waals surface area contributed by atoms with Crippen molar-refractivity contribution in [3.8, 4) is 0 Å². The predicted molar refractivity (Wildman–Crippen MR) is 284 cm³/mol. The molecule has 23 nitrogen and oxygen atoms in total. The summed E-state index contributed by atoms with van der Waals surface area (Å²) >= 11 is 0. The number of carboxylic acids is 1. The first-order chi connectivity index (χ1) is 36.8. The highest BCUT2D eigenvalue weighted by atomic mass is 16.6. The zero-order valence-electron chi connectivity index (χ0n) is 43.1. The van der Waals surface area contributed by atoms with E-state index in [1.54, 1.807) is 13.8 Å². The molecule has 406 valence electrons. The van der Waals surface area contributed by atoms with Crippen LogP contribution in [0.15, 0.2) is 101 Å². The van der Waals surface area contributed by atoms with Crippen LogP contribution in [0.1, 0.15) is 76.5 Å². The summed E-state index contributed by atoms with van der Waals surface area (Å²) in [6.07, 6.45) is -0.131. The first kappa shape index (κ1) is 57.3. The van der Waals surface area contributed by atoms with E-state index in [1.165, 1.54) is 43.5 Å². The maximum atomic E-state index is 13.8. The molecule has 1 aliphatic heterocycles. The predicted octanol–water partition coefficient (Wildman–Crippen LogP) is 4.51. The Labute approximate surface area is 443 Å². The number of rotatable bonds is 27. The normalized spacial score (nSPS) is 13.9. The zero-order chi connectivity index (χ0) is 55.8. The lowest BCUT2D eigenvalue weighted by atomic mass is 9.92. The van der Waals surface area contributed by atoms with E-state index in [1.807, 2.05) is 30.3 Å². The van der Waals surface area contributed by atoms with Crippen LogP contribution in [0.4, 0.5) is 15.3 Å². The number of primary amides is 1. The topological polar surface area (TPSA) is 330 Å². The highest BCUT2D eigenvalue weighted by Gasteiger charge is 2.30. The molecule has 4 atom stereocenters. The number of nitrogens with one attached hydrogen (secondary N) is 6. The molecule has 0 saturated heterocycles. The van der Waals surface area contributed by atoms with Crippen molar-refractivity contribution < 1.29 is 57.8 Å². The number of benzene rings is 5. The van der Waals surface area contributed by atoms with Crippen LogP contribution >= 0.6 is 0 Å². The molecule has 0 saturated carbocycles. The number of carboxylic acid groups (broad SMARTS) is 1. The van der Waals surface area contributed by atoms with Gasteiger partial charge in [-0.1, -0.05) is 80.6 Å². The fraction of sp³-hybridized carbons (Fsp3) is 0.370. The lowest BCUT2D eigenvalue weighted by molar-refractivity contribution is -0.141. The molecule has 0 spiro atoms. The Hall–Kier alpha value is -9.02. The second-order valence-electron chi connectivity index (χ2n) is 18.8. The Balaban J connectivity index is 1.13. The van der Waals surface area contributed by atoms with Gasteiger partial charge in [0, 0.05) is 63.6 Å². The van der Waals surface area contributed by atoms with Crippen LogP contribution in [0.3, 0.4) is 0 Å². The van der Waals surface area contributed by atoms with E-state index in [9.17, 15) is 53.1 Å². The summed E-state index contributed by atoms with van der Waals surface area (Å²) in [5.74, 6) is -5.83. The number of ether oxygens (including phenoxy) is 1. The van der Waals surface area contributed by atoms with Crippen LogP contribution in [0, 0.1) is 5.92 Å². The summed E-state index contributed by atoms with van der Waals surface area (Å²) in [6, 6.07) is 20.8. The fourth-order valence-electron chi connectivity index (χ4n) is 8.54. The number of amides is 10. The molecule has 1 heterocycles. The van der Waals surface area contributed by atoms with E-state index >= 15 is 0 Å². The minimum absolute atomic E-state index is 0.0371. The molecule has 0 fully saturated rings. The lowest BCUT2D eigenvalue weighted by Gasteiger charge is -2.23. The monoisotopic (exact) mass is 1060 g/mol. The molecule has 77 heavy (non-hydrogen) atoms. The molecular formula is C54H63N11O12. The van der Waals surface area contributed by atoms with Crippen molar-refractivity contribution in [3.63, 3.8) is 0 Å². The Morgan fingerprint density at radius 2 is 1.38 bits per heavy atom. The standard InChI is InChI=1S/C54H63N11O12/c1-31(2)49(61-51(73)41(28-45(70)71)59-32(3)66)63-62-40(12-9-26-57-53(55)75)50(72)60-38-20-17-36(18-21-38)48(52(74)56-25-6-5-7-27-65-43(68)23-24-44(65)69)77-54(76)64(4)30-42(67)58-29-37-16-15-35-14-13-33-10-8-11-34-19-22-39(37)47(35)46(33)34/h8,10-11,13-24,31,40-41,48-49H,5-7,9,12,25-30H2,1-4H3,(H,56,74)(H,58,67)(H,59,66)(H,60,72)(H,61,73)(H,70,71)(H3,55,57,75)/b63-62+/t40-,41-,48+,49+/m0/s1. The number of anilines is 1. The molecule has 23 heteroatoms. The van der Waals surface area contributed by atoms with Crippen LogP contribution in [-0.2, 0) is 49.6 Å².